The molecule has 2 aliphatic heterocycles. The van der Waals surface area contributed by atoms with Gasteiger partial charge in [-0.25, -0.2) is 0 Å². The van der Waals surface area contributed by atoms with E-state index < -0.39 is 5.60 Å². The fourth-order valence-corrected chi connectivity index (χ4v) is 8.54. The van der Waals surface area contributed by atoms with E-state index in [1.54, 1.807) is 11.1 Å². The first-order valence-corrected chi connectivity index (χ1v) is 13.0. The van der Waals surface area contributed by atoms with Gasteiger partial charge in [0, 0.05) is 11.8 Å². The molecule has 5 fully saturated rings. The van der Waals surface area contributed by atoms with Crippen LogP contribution in [-0.2, 0) is 9.53 Å². The molecule has 162 valence electrons. The van der Waals surface area contributed by atoms with Gasteiger partial charge in [-0.05, 0) is 73.8 Å². The van der Waals surface area contributed by atoms with Crippen molar-refractivity contribution in [3.63, 3.8) is 0 Å². The molecule has 7 aliphatic rings. The Hall–Kier alpha value is -1.15. The third-order valence-electron chi connectivity index (χ3n) is 9.55. The second-order valence-electron chi connectivity index (χ2n) is 11.3. The van der Waals surface area contributed by atoms with Crippen LogP contribution in [0.15, 0.2) is 35.5 Å². The van der Waals surface area contributed by atoms with Gasteiger partial charge in [-0.2, -0.15) is 0 Å². The minimum atomic E-state index is -0.574. The first-order valence-electron chi connectivity index (χ1n) is 13.0. The predicted molar refractivity (Wildman–Crippen MR) is 120 cm³/mol. The zero-order valence-corrected chi connectivity index (χ0v) is 18.7. The van der Waals surface area contributed by atoms with Crippen molar-refractivity contribution in [3.8, 4) is 0 Å². The normalized spacial score (nSPS) is 45.1. The summed E-state index contributed by atoms with van der Waals surface area (Å²) in [7, 11) is 0. The number of unbranched alkanes of at least 4 members (excludes halogenated alkanes) is 5. The van der Waals surface area contributed by atoms with Crippen molar-refractivity contribution in [2.24, 2.45) is 35.5 Å². The summed E-state index contributed by atoms with van der Waals surface area (Å²) < 4.78 is 6.64. The van der Waals surface area contributed by atoms with Crippen molar-refractivity contribution in [3.05, 3.63) is 35.5 Å². The van der Waals surface area contributed by atoms with Crippen LogP contribution < -0.4 is 0 Å². The lowest BCUT2D eigenvalue weighted by molar-refractivity contribution is -0.142. The molecule has 0 spiro atoms. The molecule has 5 aliphatic carbocycles. The van der Waals surface area contributed by atoms with Crippen LogP contribution in [0.25, 0.3) is 0 Å². The van der Waals surface area contributed by atoms with Crippen LogP contribution >= 0.6 is 0 Å². The smallest absolute Gasteiger partial charge is 0.187 e. The van der Waals surface area contributed by atoms with E-state index in [0.717, 1.165) is 36.5 Å². The summed E-state index contributed by atoms with van der Waals surface area (Å²) in [5.41, 5.74) is 2.76. The predicted octanol–water partition coefficient (Wildman–Crippen LogP) is 6.57. The lowest BCUT2D eigenvalue weighted by Gasteiger charge is -2.52. The van der Waals surface area contributed by atoms with E-state index in [1.165, 1.54) is 64.2 Å². The van der Waals surface area contributed by atoms with Crippen LogP contribution in [0.1, 0.15) is 84.0 Å². The Bertz CT molecular complexity index is 771. The van der Waals surface area contributed by atoms with Crippen LogP contribution in [0.2, 0.25) is 0 Å². The lowest BCUT2D eigenvalue weighted by atomic mass is 9.52. The maximum atomic E-state index is 13.4. The van der Waals surface area contributed by atoms with Crippen molar-refractivity contribution in [1.82, 2.24) is 0 Å². The van der Waals surface area contributed by atoms with Crippen LogP contribution in [-0.4, -0.2) is 17.5 Å². The van der Waals surface area contributed by atoms with E-state index in [-0.39, 0.29) is 17.8 Å². The van der Waals surface area contributed by atoms with Gasteiger partial charge in [0.15, 0.2) is 5.78 Å². The van der Waals surface area contributed by atoms with Crippen molar-refractivity contribution in [2.45, 2.75) is 95.7 Å². The van der Waals surface area contributed by atoms with Crippen LogP contribution in [0.4, 0.5) is 0 Å². The molecule has 4 saturated carbocycles. The van der Waals surface area contributed by atoms with E-state index >= 15 is 0 Å². The zero-order valence-electron chi connectivity index (χ0n) is 18.7. The summed E-state index contributed by atoms with van der Waals surface area (Å²) >= 11 is 0. The third kappa shape index (κ3) is 2.89. The number of fused-ring (bicyclic) bond motifs is 5. The molecule has 2 heteroatoms. The highest BCUT2D eigenvalue weighted by Gasteiger charge is 2.62. The molecule has 6 bridgehead atoms. The first-order chi connectivity index (χ1) is 14.7. The van der Waals surface area contributed by atoms with Crippen molar-refractivity contribution in [1.29, 1.82) is 0 Å². The number of ketones is 1. The molecule has 0 aromatic rings. The Balaban J connectivity index is 1.29. The summed E-state index contributed by atoms with van der Waals surface area (Å²) in [5.74, 6) is 4.49. The fourth-order valence-electron chi connectivity index (χ4n) is 8.54. The van der Waals surface area contributed by atoms with Gasteiger partial charge < -0.3 is 4.74 Å². The van der Waals surface area contributed by atoms with Crippen LogP contribution in [0.3, 0.4) is 0 Å². The lowest BCUT2D eigenvalue weighted by Crippen LogP contribution is -2.47. The Labute approximate surface area is 182 Å². The van der Waals surface area contributed by atoms with Gasteiger partial charge in [0.1, 0.15) is 5.60 Å². The molecular formula is C28H38O2. The molecule has 1 saturated heterocycles. The highest BCUT2D eigenvalue weighted by molar-refractivity contribution is 5.99. The molecule has 30 heavy (non-hydrogen) atoms. The van der Waals surface area contributed by atoms with Crippen LogP contribution in [0.5, 0.6) is 0 Å². The highest BCUT2D eigenvalue weighted by Crippen LogP contribution is 2.61. The van der Waals surface area contributed by atoms with Crippen molar-refractivity contribution >= 4 is 5.78 Å². The van der Waals surface area contributed by atoms with Crippen molar-refractivity contribution < 1.29 is 9.53 Å². The van der Waals surface area contributed by atoms with Crippen LogP contribution in [0, 0.1) is 35.5 Å². The summed E-state index contributed by atoms with van der Waals surface area (Å²) in [6.45, 7) is 2.27. The van der Waals surface area contributed by atoms with Gasteiger partial charge in [-0.1, -0.05) is 69.2 Å². The minimum absolute atomic E-state index is 0.110. The number of carbonyl (C=O) groups excluding carboxylic acids is 1. The van der Waals surface area contributed by atoms with E-state index in [4.69, 9.17) is 4.74 Å². The Morgan fingerprint density at radius 1 is 0.900 bits per heavy atom. The second kappa shape index (κ2) is 7.47. The summed E-state index contributed by atoms with van der Waals surface area (Å²) in [5, 5.41) is 0. The molecule has 2 nitrogen and oxygen atoms in total. The number of rotatable bonds is 7. The third-order valence-corrected chi connectivity index (χ3v) is 9.55. The van der Waals surface area contributed by atoms with E-state index in [0.29, 0.717) is 5.92 Å². The van der Waals surface area contributed by atoms with E-state index in [9.17, 15) is 4.79 Å². The molecule has 4 unspecified atom stereocenters. The number of carbonyl (C=O) groups is 1. The average Bonchev–Trinajstić information content (AvgIpc) is 3.26. The average molecular weight is 407 g/mol. The van der Waals surface area contributed by atoms with Gasteiger partial charge in [-0.3, -0.25) is 4.79 Å². The van der Waals surface area contributed by atoms with Gasteiger partial charge in [0.2, 0.25) is 0 Å². The molecule has 0 amide bonds. The molecule has 0 aromatic heterocycles. The molecule has 7 rings (SSSR count). The quantitative estimate of drug-likeness (QED) is 0.447. The van der Waals surface area contributed by atoms with Gasteiger partial charge >= 0.3 is 0 Å². The monoisotopic (exact) mass is 406 g/mol. The topological polar surface area (TPSA) is 26.3 Å². The Kier molecular flexibility index (Phi) is 4.86. The summed E-state index contributed by atoms with van der Waals surface area (Å²) in [6, 6.07) is 0. The fraction of sp³-hybridized carbons (Fsp3) is 0.750. The molecule has 0 radical (unpaired) electrons. The zero-order chi connectivity index (χ0) is 20.3. The first kappa shape index (κ1) is 19.5. The number of ether oxygens (including phenoxy) is 1. The molecule has 4 atom stereocenters. The number of hydrogen-bond acceptors (Lipinski definition) is 2. The highest BCUT2D eigenvalue weighted by atomic mass is 16.5. The molecular weight excluding hydrogens is 368 g/mol. The standard InChI is InChI=1S/C28H38O2/c1-2-3-4-5-6-7-12-28-25(29)11-10-24(30-28)22-8-9-23(27(22)28)26-20-14-18-13-19(16-20)17-21(26)15-18/h8-11,18-22,24,27H,2-7,12-17H2,1H3. The van der Waals surface area contributed by atoms with Crippen molar-refractivity contribution in [2.75, 3.05) is 0 Å². The van der Waals surface area contributed by atoms with E-state index in [2.05, 4.69) is 25.2 Å². The maximum absolute atomic E-state index is 13.4. The number of allylic oxidation sites excluding steroid dienone is 2. The maximum Gasteiger partial charge on any atom is 0.187 e. The van der Waals surface area contributed by atoms with Gasteiger partial charge in [-0.15, -0.1) is 0 Å². The summed E-state index contributed by atoms with van der Waals surface area (Å²) in [4.78, 5) is 13.4. The Morgan fingerprint density at radius 2 is 1.60 bits per heavy atom. The van der Waals surface area contributed by atoms with E-state index in [1.807, 2.05) is 6.08 Å². The molecule has 0 N–H and O–H groups in total. The SMILES string of the molecule is CCCCCCCCC12OC(C=CC1=O)C1C=CC(=C3C4CC5CC(C4)CC3C5)C12. The molecule has 2 heterocycles. The number of hydrogen-bond donors (Lipinski definition) is 0. The largest absolute Gasteiger partial charge is 0.358 e. The second-order valence-corrected chi connectivity index (χ2v) is 11.3. The molecule has 0 aromatic carbocycles. The Morgan fingerprint density at radius 3 is 2.33 bits per heavy atom. The van der Waals surface area contributed by atoms with Gasteiger partial charge in [0.05, 0.1) is 6.10 Å². The van der Waals surface area contributed by atoms with Gasteiger partial charge in [0.25, 0.3) is 0 Å². The summed E-state index contributed by atoms with van der Waals surface area (Å²) in [6.07, 6.45) is 24.6. The minimum Gasteiger partial charge on any atom is -0.358 e.